The summed E-state index contributed by atoms with van der Waals surface area (Å²) in [5.74, 6) is 0.204. The number of hydrogen-bond acceptors (Lipinski definition) is 5. The zero-order valence-corrected chi connectivity index (χ0v) is 13.8. The molecular weight excluding hydrogens is 358 g/mol. The van der Waals surface area contributed by atoms with Crippen molar-refractivity contribution in [2.24, 2.45) is 0 Å². The molecule has 2 rings (SSSR count). The van der Waals surface area contributed by atoms with E-state index in [1.54, 1.807) is 19.2 Å². The second-order valence-electron chi connectivity index (χ2n) is 4.32. The first-order chi connectivity index (χ1) is 9.85. The monoisotopic (exact) mass is 371 g/mol. The molecule has 0 fully saturated rings. The van der Waals surface area contributed by atoms with Crippen molar-refractivity contribution in [1.29, 1.82) is 0 Å². The van der Waals surface area contributed by atoms with E-state index in [1.807, 2.05) is 0 Å². The number of aromatic nitrogens is 1. The van der Waals surface area contributed by atoms with Gasteiger partial charge in [-0.15, -0.1) is 0 Å². The SMILES string of the molecule is COc1cc(Br)c(N)cc1S(=O)(=O)Nc1ccncc1C. The summed E-state index contributed by atoms with van der Waals surface area (Å²) in [7, 11) is -2.42. The number of aryl methyl sites for hydroxylation is 1. The molecule has 0 radical (unpaired) electrons. The van der Waals surface area contributed by atoms with Crippen LogP contribution in [0.15, 0.2) is 40.0 Å². The van der Waals surface area contributed by atoms with Crippen molar-refractivity contribution in [2.75, 3.05) is 17.6 Å². The third-order valence-electron chi connectivity index (χ3n) is 2.84. The molecule has 0 amide bonds. The number of nitrogens with zero attached hydrogens (tertiary/aromatic N) is 1. The molecule has 6 nitrogen and oxygen atoms in total. The van der Waals surface area contributed by atoms with Gasteiger partial charge in [0.25, 0.3) is 10.0 Å². The molecule has 1 aromatic heterocycles. The van der Waals surface area contributed by atoms with Crippen LogP contribution in [-0.2, 0) is 10.0 Å². The van der Waals surface area contributed by atoms with Crippen LogP contribution in [0.2, 0.25) is 0 Å². The molecule has 3 N–H and O–H groups in total. The Hall–Kier alpha value is -1.80. The van der Waals surface area contributed by atoms with E-state index in [2.05, 4.69) is 25.6 Å². The summed E-state index contributed by atoms with van der Waals surface area (Å²) in [4.78, 5) is 3.90. The number of ether oxygens (including phenoxy) is 1. The van der Waals surface area contributed by atoms with Crippen molar-refractivity contribution < 1.29 is 13.2 Å². The molecule has 1 aromatic carbocycles. The lowest BCUT2D eigenvalue weighted by Crippen LogP contribution is -2.15. The number of methoxy groups -OCH3 is 1. The van der Waals surface area contributed by atoms with Crippen LogP contribution < -0.4 is 15.2 Å². The molecular formula is C13H14BrN3O3S. The molecule has 0 unspecified atom stereocenters. The fraction of sp³-hybridized carbons (Fsp3) is 0.154. The van der Waals surface area contributed by atoms with E-state index in [1.165, 1.54) is 25.4 Å². The van der Waals surface area contributed by atoms with E-state index in [9.17, 15) is 8.42 Å². The van der Waals surface area contributed by atoms with E-state index in [0.29, 0.717) is 21.4 Å². The summed E-state index contributed by atoms with van der Waals surface area (Å²) in [6, 6.07) is 4.45. The molecule has 0 aliphatic heterocycles. The lowest BCUT2D eigenvalue weighted by molar-refractivity contribution is 0.402. The second kappa shape index (κ2) is 5.90. The van der Waals surface area contributed by atoms with Gasteiger partial charge in [0.1, 0.15) is 10.6 Å². The number of anilines is 2. The summed E-state index contributed by atoms with van der Waals surface area (Å²) in [6.45, 7) is 1.76. The molecule has 112 valence electrons. The molecule has 0 atom stereocenters. The highest BCUT2D eigenvalue weighted by atomic mass is 79.9. The fourth-order valence-electron chi connectivity index (χ4n) is 1.71. The summed E-state index contributed by atoms with van der Waals surface area (Å²) in [5.41, 5.74) is 7.23. The van der Waals surface area contributed by atoms with Gasteiger partial charge in [-0.05, 0) is 46.6 Å². The minimum Gasteiger partial charge on any atom is -0.495 e. The van der Waals surface area contributed by atoms with Crippen LogP contribution in [0.1, 0.15) is 5.56 Å². The quantitative estimate of drug-likeness (QED) is 0.805. The number of nitrogen functional groups attached to an aromatic ring is 1. The fourth-order valence-corrected chi connectivity index (χ4v) is 3.35. The normalized spacial score (nSPS) is 11.2. The number of rotatable bonds is 4. The van der Waals surface area contributed by atoms with Gasteiger partial charge >= 0.3 is 0 Å². The molecule has 2 aromatic rings. The van der Waals surface area contributed by atoms with E-state index in [4.69, 9.17) is 10.5 Å². The maximum atomic E-state index is 12.5. The van der Waals surface area contributed by atoms with Crippen molar-refractivity contribution in [3.05, 3.63) is 40.6 Å². The van der Waals surface area contributed by atoms with Crippen LogP contribution in [0.4, 0.5) is 11.4 Å². The summed E-state index contributed by atoms with van der Waals surface area (Å²) >= 11 is 3.24. The molecule has 1 heterocycles. The molecule has 0 spiro atoms. The Balaban J connectivity index is 2.50. The van der Waals surface area contributed by atoms with Crippen molar-refractivity contribution in [3.8, 4) is 5.75 Å². The van der Waals surface area contributed by atoms with Crippen molar-refractivity contribution in [1.82, 2.24) is 4.98 Å². The standard InChI is InChI=1S/C13H14BrN3O3S/c1-8-7-16-4-3-11(8)17-21(18,19)13-6-10(15)9(14)5-12(13)20-2/h3-7H,15H2,1-2H3,(H,16,17). The van der Waals surface area contributed by atoms with Crippen molar-refractivity contribution >= 4 is 37.3 Å². The Kier molecular flexibility index (Phi) is 4.38. The van der Waals surface area contributed by atoms with E-state index in [0.717, 1.165) is 0 Å². The number of halogens is 1. The van der Waals surface area contributed by atoms with E-state index in [-0.39, 0.29) is 10.6 Å². The molecule has 0 saturated heterocycles. The molecule has 8 heteroatoms. The summed E-state index contributed by atoms with van der Waals surface area (Å²) < 4.78 is 33.2. The molecule has 0 aliphatic rings. The smallest absolute Gasteiger partial charge is 0.265 e. The van der Waals surface area contributed by atoms with Gasteiger partial charge in [-0.25, -0.2) is 8.42 Å². The minimum atomic E-state index is -3.82. The number of sulfonamides is 1. The topological polar surface area (TPSA) is 94.3 Å². The van der Waals surface area contributed by atoms with Gasteiger partial charge in [0.15, 0.2) is 0 Å². The average molecular weight is 372 g/mol. The first-order valence-corrected chi connectivity index (χ1v) is 8.19. The predicted molar refractivity (Wildman–Crippen MR) is 84.9 cm³/mol. The van der Waals surface area contributed by atoms with Gasteiger partial charge in [-0.2, -0.15) is 0 Å². The lowest BCUT2D eigenvalue weighted by atomic mass is 10.3. The number of nitrogens with two attached hydrogens (primary N) is 1. The van der Waals surface area contributed by atoms with Crippen molar-refractivity contribution in [2.45, 2.75) is 11.8 Å². The third kappa shape index (κ3) is 3.27. The van der Waals surface area contributed by atoms with Crippen LogP contribution in [0, 0.1) is 6.92 Å². The van der Waals surface area contributed by atoms with E-state index < -0.39 is 10.0 Å². The van der Waals surface area contributed by atoms with Gasteiger partial charge in [0.05, 0.1) is 12.8 Å². The number of hydrogen-bond donors (Lipinski definition) is 2. The van der Waals surface area contributed by atoms with Gasteiger partial charge < -0.3 is 10.5 Å². The Morgan fingerprint density at radius 2 is 2.10 bits per heavy atom. The van der Waals surface area contributed by atoms with Gasteiger partial charge in [0.2, 0.25) is 0 Å². The number of benzene rings is 1. The van der Waals surface area contributed by atoms with Crippen LogP contribution in [0.5, 0.6) is 5.75 Å². The predicted octanol–water partition coefficient (Wildman–Crippen LogP) is 2.54. The van der Waals surface area contributed by atoms with Crippen LogP contribution >= 0.6 is 15.9 Å². The maximum absolute atomic E-state index is 12.5. The Labute approximate surface area is 131 Å². The van der Waals surface area contributed by atoms with Crippen LogP contribution in [0.25, 0.3) is 0 Å². The van der Waals surface area contributed by atoms with Crippen LogP contribution in [-0.4, -0.2) is 20.5 Å². The Morgan fingerprint density at radius 3 is 2.71 bits per heavy atom. The Morgan fingerprint density at radius 1 is 1.38 bits per heavy atom. The lowest BCUT2D eigenvalue weighted by Gasteiger charge is -2.14. The second-order valence-corrected chi connectivity index (χ2v) is 6.83. The average Bonchev–Trinajstić information content (AvgIpc) is 2.43. The molecule has 0 bridgehead atoms. The zero-order chi connectivity index (χ0) is 15.6. The van der Waals surface area contributed by atoms with Gasteiger partial charge in [0, 0.05) is 22.6 Å². The highest BCUT2D eigenvalue weighted by Gasteiger charge is 2.22. The first kappa shape index (κ1) is 15.6. The largest absolute Gasteiger partial charge is 0.495 e. The highest BCUT2D eigenvalue weighted by Crippen LogP contribution is 2.33. The summed E-state index contributed by atoms with van der Waals surface area (Å²) in [6.07, 6.45) is 3.09. The molecule has 21 heavy (non-hydrogen) atoms. The highest BCUT2D eigenvalue weighted by molar-refractivity contribution is 9.10. The number of pyridine rings is 1. The summed E-state index contributed by atoms with van der Waals surface area (Å²) in [5, 5.41) is 0. The van der Waals surface area contributed by atoms with Gasteiger partial charge in [-0.1, -0.05) is 0 Å². The van der Waals surface area contributed by atoms with Gasteiger partial charge in [-0.3, -0.25) is 9.71 Å². The minimum absolute atomic E-state index is 0.0260. The Bertz CT molecular complexity index is 778. The zero-order valence-electron chi connectivity index (χ0n) is 11.4. The van der Waals surface area contributed by atoms with Crippen LogP contribution in [0.3, 0.4) is 0 Å². The van der Waals surface area contributed by atoms with Crippen molar-refractivity contribution in [3.63, 3.8) is 0 Å². The molecule has 0 saturated carbocycles. The maximum Gasteiger partial charge on any atom is 0.265 e. The third-order valence-corrected chi connectivity index (χ3v) is 4.91. The first-order valence-electron chi connectivity index (χ1n) is 5.91. The number of nitrogens with one attached hydrogen (secondary N) is 1. The van der Waals surface area contributed by atoms with E-state index >= 15 is 0 Å². The molecule has 0 aliphatic carbocycles.